The Hall–Kier alpha value is -2.57. The van der Waals surface area contributed by atoms with Crippen LogP contribution in [0.5, 0.6) is 0 Å². The first-order valence-electron chi connectivity index (χ1n) is 6.71. The third kappa shape index (κ3) is 3.97. The third-order valence-corrected chi connectivity index (χ3v) is 3.01. The molecule has 22 heavy (non-hydrogen) atoms. The van der Waals surface area contributed by atoms with E-state index in [9.17, 15) is 13.6 Å². The zero-order valence-corrected chi connectivity index (χ0v) is 11.9. The monoisotopic (exact) mass is 307 g/mol. The quantitative estimate of drug-likeness (QED) is 0.656. The number of benzene rings is 1. The number of nitrogens with one attached hydrogen (secondary N) is 1. The van der Waals surface area contributed by atoms with Crippen molar-refractivity contribution in [3.8, 4) is 0 Å². The summed E-state index contributed by atoms with van der Waals surface area (Å²) in [6.45, 7) is 1.77. The lowest BCUT2D eigenvalue weighted by atomic mass is 10.0. The molecule has 0 saturated heterocycles. The molecule has 0 aliphatic heterocycles. The van der Waals surface area contributed by atoms with Crippen molar-refractivity contribution in [1.82, 2.24) is 10.2 Å². The van der Waals surface area contributed by atoms with Crippen molar-refractivity contribution in [2.75, 3.05) is 18.5 Å². The average Bonchev–Trinajstić information content (AvgIpc) is 2.52. The molecule has 0 spiro atoms. The largest absolute Gasteiger partial charge is 0.463 e. The number of hydrogen-bond donors (Lipinski definition) is 1. The molecule has 1 aromatic heterocycles. The number of esters is 1. The van der Waals surface area contributed by atoms with Crippen molar-refractivity contribution in [2.24, 2.45) is 0 Å². The van der Waals surface area contributed by atoms with E-state index in [0.717, 1.165) is 12.1 Å². The van der Waals surface area contributed by atoms with Gasteiger partial charge >= 0.3 is 5.97 Å². The molecule has 0 unspecified atom stereocenters. The number of nitrogens with zero attached hydrogens (tertiary/aromatic N) is 2. The van der Waals surface area contributed by atoms with Gasteiger partial charge in [0.05, 0.1) is 12.5 Å². The summed E-state index contributed by atoms with van der Waals surface area (Å²) in [4.78, 5) is 11.8. The van der Waals surface area contributed by atoms with E-state index in [1.54, 1.807) is 12.1 Å². The number of carbonyl (C=O) groups excluding carboxylic acids is 1. The van der Waals surface area contributed by atoms with Crippen LogP contribution in [0.4, 0.5) is 14.6 Å². The number of carbonyl (C=O) groups is 1. The van der Waals surface area contributed by atoms with Gasteiger partial charge in [0.25, 0.3) is 0 Å². The van der Waals surface area contributed by atoms with Crippen LogP contribution < -0.4 is 5.32 Å². The second kappa shape index (κ2) is 7.44. The molecule has 0 bridgehead atoms. The van der Waals surface area contributed by atoms with Crippen molar-refractivity contribution in [3.63, 3.8) is 0 Å². The summed E-state index contributed by atoms with van der Waals surface area (Å²) in [6.07, 6.45) is 1.54. The third-order valence-electron chi connectivity index (χ3n) is 3.01. The Morgan fingerprint density at radius 2 is 2.00 bits per heavy atom. The van der Waals surface area contributed by atoms with Crippen LogP contribution in [0.25, 0.3) is 0 Å². The minimum absolute atomic E-state index is 0.0514. The highest BCUT2D eigenvalue weighted by Gasteiger charge is 2.23. The smallest absolute Gasteiger partial charge is 0.313 e. The van der Waals surface area contributed by atoms with Crippen LogP contribution in [0.2, 0.25) is 0 Å². The van der Waals surface area contributed by atoms with Crippen molar-refractivity contribution in [1.29, 1.82) is 0 Å². The Morgan fingerprint density at radius 1 is 1.27 bits per heavy atom. The Balaban J connectivity index is 1.84. The number of rotatable bonds is 6. The van der Waals surface area contributed by atoms with Gasteiger partial charge in [0.2, 0.25) is 0 Å². The molecule has 0 saturated carbocycles. The lowest BCUT2D eigenvalue weighted by molar-refractivity contribution is -0.144. The normalized spacial score (nSPS) is 11.8. The van der Waals surface area contributed by atoms with Gasteiger partial charge in [-0.25, -0.2) is 8.78 Å². The topological polar surface area (TPSA) is 64.1 Å². The summed E-state index contributed by atoms with van der Waals surface area (Å²) >= 11 is 0. The van der Waals surface area contributed by atoms with Crippen molar-refractivity contribution in [2.45, 2.75) is 12.8 Å². The molecule has 2 rings (SSSR count). The molecule has 1 aromatic carbocycles. The molecular weight excluding hydrogens is 292 g/mol. The maximum absolute atomic E-state index is 13.6. The summed E-state index contributed by atoms with van der Waals surface area (Å²) in [5.41, 5.74) is -0.283. The highest BCUT2D eigenvalue weighted by Crippen LogP contribution is 2.23. The molecule has 0 aliphatic rings. The molecule has 2 aromatic rings. The molecule has 1 atom stereocenters. The van der Waals surface area contributed by atoms with E-state index in [4.69, 9.17) is 4.74 Å². The van der Waals surface area contributed by atoms with E-state index < -0.39 is 23.5 Å². The molecule has 1 N–H and O–H groups in total. The van der Waals surface area contributed by atoms with Gasteiger partial charge in [-0.1, -0.05) is 6.07 Å². The minimum Gasteiger partial charge on any atom is -0.463 e. The molecule has 0 fully saturated rings. The second-order valence-corrected chi connectivity index (χ2v) is 4.56. The molecule has 1 heterocycles. The highest BCUT2D eigenvalue weighted by molar-refractivity contribution is 5.77. The van der Waals surface area contributed by atoms with Gasteiger partial charge in [-0.05, 0) is 31.2 Å². The van der Waals surface area contributed by atoms with E-state index in [1.807, 2.05) is 0 Å². The van der Waals surface area contributed by atoms with E-state index in [2.05, 4.69) is 15.5 Å². The number of ether oxygens (including phenoxy) is 1. The molecule has 5 nitrogen and oxygen atoms in total. The molecule has 0 amide bonds. The Bertz CT molecular complexity index is 618. The van der Waals surface area contributed by atoms with Gasteiger partial charge in [0, 0.05) is 11.8 Å². The average molecular weight is 307 g/mol. The SMILES string of the molecule is C[C@@H](C(=O)OCCNc1cccnn1)c1c(F)cccc1F. The number of hydrogen-bond acceptors (Lipinski definition) is 5. The fraction of sp³-hybridized carbons (Fsp3) is 0.267. The van der Waals surface area contributed by atoms with Crippen LogP contribution in [0.15, 0.2) is 36.5 Å². The summed E-state index contributed by atoms with van der Waals surface area (Å²) < 4.78 is 32.2. The van der Waals surface area contributed by atoms with Gasteiger partial charge in [0.15, 0.2) is 0 Å². The summed E-state index contributed by atoms with van der Waals surface area (Å²) in [5.74, 6) is -2.68. The minimum atomic E-state index is -1.02. The van der Waals surface area contributed by atoms with Gasteiger partial charge in [-0.3, -0.25) is 4.79 Å². The first kappa shape index (κ1) is 15.8. The zero-order chi connectivity index (χ0) is 15.9. The summed E-state index contributed by atoms with van der Waals surface area (Å²) in [5, 5.41) is 10.4. The Kier molecular flexibility index (Phi) is 5.35. The number of anilines is 1. The van der Waals surface area contributed by atoms with E-state index in [1.165, 1.54) is 19.2 Å². The predicted molar refractivity (Wildman–Crippen MR) is 76.3 cm³/mol. The standard InChI is InChI=1S/C15H15F2N3O2/c1-10(14-11(16)4-2-5-12(14)17)15(21)22-9-8-18-13-6-3-7-19-20-13/h2-7,10H,8-9H2,1H3,(H,18,20)/t10-/m1/s1. The molecule has 116 valence electrons. The van der Waals surface area contributed by atoms with Crippen LogP contribution >= 0.6 is 0 Å². The lowest BCUT2D eigenvalue weighted by Crippen LogP contribution is -2.20. The number of halogens is 2. The fourth-order valence-corrected chi connectivity index (χ4v) is 1.89. The first-order valence-corrected chi connectivity index (χ1v) is 6.71. The van der Waals surface area contributed by atoms with Crippen LogP contribution in [0.3, 0.4) is 0 Å². The Labute approximate surface area is 126 Å². The van der Waals surface area contributed by atoms with Crippen LogP contribution in [0.1, 0.15) is 18.4 Å². The molecule has 0 radical (unpaired) electrons. The van der Waals surface area contributed by atoms with Crippen molar-refractivity contribution < 1.29 is 18.3 Å². The first-order chi connectivity index (χ1) is 10.6. The van der Waals surface area contributed by atoms with Crippen LogP contribution in [-0.4, -0.2) is 29.3 Å². The maximum Gasteiger partial charge on any atom is 0.313 e. The van der Waals surface area contributed by atoms with Crippen molar-refractivity contribution in [3.05, 3.63) is 53.7 Å². The van der Waals surface area contributed by atoms with Gasteiger partial charge in [-0.2, -0.15) is 5.10 Å². The van der Waals surface area contributed by atoms with Crippen molar-refractivity contribution >= 4 is 11.8 Å². The summed E-state index contributed by atoms with van der Waals surface area (Å²) in [6, 6.07) is 6.89. The van der Waals surface area contributed by atoms with Gasteiger partial charge < -0.3 is 10.1 Å². The zero-order valence-electron chi connectivity index (χ0n) is 11.9. The van der Waals surface area contributed by atoms with E-state index >= 15 is 0 Å². The summed E-state index contributed by atoms with van der Waals surface area (Å²) in [7, 11) is 0. The Morgan fingerprint density at radius 3 is 2.64 bits per heavy atom. The highest BCUT2D eigenvalue weighted by atomic mass is 19.1. The number of aromatic nitrogens is 2. The van der Waals surface area contributed by atoms with E-state index in [-0.39, 0.29) is 12.2 Å². The fourth-order valence-electron chi connectivity index (χ4n) is 1.89. The maximum atomic E-state index is 13.6. The molecule has 7 heteroatoms. The van der Waals surface area contributed by atoms with Gasteiger partial charge in [0.1, 0.15) is 24.1 Å². The van der Waals surface area contributed by atoms with E-state index in [0.29, 0.717) is 12.4 Å². The van der Waals surface area contributed by atoms with Gasteiger partial charge in [-0.15, -0.1) is 5.10 Å². The molecule has 0 aliphatic carbocycles. The molecular formula is C15H15F2N3O2. The second-order valence-electron chi connectivity index (χ2n) is 4.56. The predicted octanol–water partition coefficient (Wildman–Crippen LogP) is 2.51. The van der Waals surface area contributed by atoms with Crippen LogP contribution in [0, 0.1) is 11.6 Å². The van der Waals surface area contributed by atoms with Crippen LogP contribution in [-0.2, 0) is 9.53 Å². The lowest BCUT2D eigenvalue weighted by Gasteiger charge is -2.13.